The zero-order valence-electron chi connectivity index (χ0n) is 10.7. The van der Waals surface area contributed by atoms with Crippen molar-refractivity contribution >= 4 is 23.0 Å². The molecular weight excluding hydrogens is 258 g/mol. The summed E-state index contributed by atoms with van der Waals surface area (Å²) in [6, 6.07) is 7.98. The molecule has 1 aliphatic carbocycles. The number of thiophene rings is 1. The molecule has 4 heteroatoms. The van der Waals surface area contributed by atoms with E-state index in [0.717, 1.165) is 23.4 Å². The molecule has 1 aliphatic rings. The number of rotatable bonds is 2. The summed E-state index contributed by atoms with van der Waals surface area (Å²) in [6.07, 6.45) is 1.98. The van der Waals surface area contributed by atoms with E-state index in [4.69, 9.17) is 10.5 Å². The van der Waals surface area contributed by atoms with Crippen molar-refractivity contribution in [2.75, 3.05) is 12.3 Å². The third kappa shape index (κ3) is 2.12. The van der Waals surface area contributed by atoms with Gasteiger partial charge in [-0.15, -0.1) is 11.3 Å². The lowest BCUT2D eigenvalue weighted by Crippen LogP contribution is -2.02. The van der Waals surface area contributed by atoms with Gasteiger partial charge in [0.05, 0.1) is 6.61 Å². The largest absolute Gasteiger partial charge is 0.462 e. The van der Waals surface area contributed by atoms with Crippen LogP contribution in [0.25, 0.3) is 10.4 Å². The van der Waals surface area contributed by atoms with Gasteiger partial charge >= 0.3 is 5.97 Å². The molecule has 2 aromatic rings. The van der Waals surface area contributed by atoms with Crippen LogP contribution < -0.4 is 5.73 Å². The van der Waals surface area contributed by atoms with Crippen molar-refractivity contribution in [2.24, 2.45) is 0 Å². The van der Waals surface area contributed by atoms with E-state index in [-0.39, 0.29) is 5.97 Å². The molecule has 0 saturated heterocycles. The Labute approximate surface area is 116 Å². The Kier molecular flexibility index (Phi) is 3.03. The smallest absolute Gasteiger partial charge is 0.348 e. The second kappa shape index (κ2) is 4.70. The molecule has 1 aromatic heterocycles. The Balaban J connectivity index is 2.06. The number of ether oxygens (including phenoxy) is 1. The number of carbonyl (C=O) groups is 1. The first-order chi connectivity index (χ1) is 9.19. The number of fused-ring (bicyclic) bond motifs is 3. The molecule has 1 heterocycles. The first kappa shape index (κ1) is 12.2. The number of hydrogen-bond acceptors (Lipinski definition) is 4. The van der Waals surface area contributed by atoms with E-state index < -0.39 is 0 Å². The zero-order chi connectivity index (χ0) is 13.4. The number of nitrogens with two attached hydrogens (primary N) is 1. The molecular formula is C15H15NO2S. The molecule has 19 heavy (non-hydrogen) atoms. The molecule has 0 aliphatic heterocycles. The standard InChI is InChI=1S/C15H15NO2S/c1-2-18-15(17)13-7-10-4-3-9-5-6-11(16)8-12(9)14(10)19-13/h5-8H,2-4,16H2,1H3. The fourth-order valence-corrected chi connectivity index (χ4v) is 3.59. The monoisotopic (exact) mass is 273 g/mol. The lowest BCUT2D eigenvalue weighted by atomic mass is 9.91. The van der Waals surface area contributed by atoms with E-state index in [1.807, 2.05) is 25.1 Å². The highest BCUT2D eigenvalue weighted by Crippen LogP contribution is 2.40. The number of nitrogen functional groups attached to an aromatic ring is 1. The first-order valence-electron chi connectivity index (χ1n) is 6.37. The molecule has 0 amide bonds. The second-order valence-corrected chi connectivity index (χ2v) is 5.65. The van der Waals surface area contributed by atoms with Crippen LogP contribution in [-0.2, 0) is 17.6 Å². The van der Waals surface area contributed by atoms with Gasteiger partial charge in [0.2, 0.25) is 0 Å². The molecule has 0 atom stereocenters. The van der Waals surface area contributed by atoms with Gasteiger partial charge < -0.3 is 10.5 Å². The van der Waals surface area contributed by atoms with E-state index in [0.29, 0.717) is 11.5 Å². The van der Waals surface area contributed by atoms with Gasteiger partial charge in [-0.05, 0) is 54.7 Å². The normalized spacial score (nSPS) is 12.7. The fraction of sp³-hybridized carbons (Fsp3) is 0.267. The number of anilines is 1. The number of hydrogen-bond donors (Lipinski definition) is 1. The van der Waals surface area contributed by atoms with Crippen LogP contribution in [0.1, 0.15) is 27.7 Å². The zero-order valence-corrected chi connectivity index (χ0v) is 11.5. The Morgan fingerprint density at radius 1 is 1.32 bits per heavy atom. The highest BCUT2D eigenvalue weighted by Gasteiger charge is 2.22. The molecule has 2 N–H and O–H groups in total. The number of carbonyl (C=O) groups excluding carboxylic acids is 1. The van der Waals surface area contributed by atoms with Crippen molar-refractivity contribution in [3.8, 4) is 10.4 Å². The minimum atomic E-state index is -0.229. The molecule has 0 saturated carbocycles. The molecule has 0 radical (unpaired) electrons. The van der Waals surface area contributed by atoms with Crippen LogP contribution in [0.15, 0.2) is 24.3 Å². The predicted octanol–water partition coefficient (Wildman–Crippen LogP) is 3.27. The number of benzene rings is 1. The van der Waals surface area contributed by atoms with Gasteiger partial charge in [0.15, 0.2) is 0 Å². The van der Waals surface area contributed by atoms with Crippen LogP contribution in [0.5, 0.6) is 0 Å². The van der Waals surface area contributed by atoms with E-state index in [1.54, 1.807) is 0 Å². The lowest BCUT2D eigenvalue weighted by Gasteiger charge is -2.16. The molecule has 3 rings (SSSR count). The van der Waals surface area contributed by atoms with Crippen LogP contribution in [0, 0.1) is 0 Å². The average Bonchev–Trinajstić information content (AvgIpc) is 2.83. The summed E-state index contributed by atoms with van der Waals surface area (Å²) in [6.45, 7) is 2.23. The van der Waals surface area contributed by atoms with Gasteiger partial charge in [-0.1, -0.05) is 6.07 Å². The third-order valence-corrected chi connectivity index (χ3v) is 4.52. The minimum Gasteiger partial charge on any atom is -0.462 e. The molecule has 0 bridgehead atoms. The van der Waals surface area contributed by atoms with E-state index in [1.165, 1.54) is 28.0 Å². The van der Waals surface area contributed by atoms with Crippen molar-refractivity contribution in [2.45, 2.75) is 19.8 Å². The molecule has 3 nitrogen and oxygen atoms in total. The van der Waals surface area contributed by atoms with Gasteiger partial charge in [0.25, 0.3) is 0 Å². The van der Waals surface area contributed by atoms with Crippen molar-refractivity contribution in [3.63, 3.8) is 0 Å². The van der Waals surface area contributed by atoms with Crippen molar-refractivity contribution < 1.29 is 9.53 Å². The quantitative estimate of drug-likeness (QED) is 0.675. The van der Waals surface area contributed by atoms with Crippen LogP contribution in [0.3, 0.4) is 0 Å². The molecule has 1 aromatic carbocycles. The first-order valence-corrected chi connectivity index (χ1v) is 7.19. The third-order valence-electron chi connectivity index (χ3n) is 3.33. The van der Waals surface area contributed by atoms with Gasteiger partial charge in [0.1, 0.15) is 4.88 Å². The summed E-state index contributed by atoms with van der Waals surface area (Å²) >= 11 is 1.50. The summed E-state index contributed by atoms with van der Waals surface area (Å²) in [5.74, 6) is -0.229. The number of aryl methyl sites for hydroxylation is 2. The summed E-state index contributed by atoms with van der Waals surface area (Å²) in [5.41, 5.74) is 10.3. The van der Waals surface area contributed by atoms with Gasteiger partial charge in [0, 0.05) is 10.6 Å². The van der Waals surface area contributed by atoms with Crippen LogP contribution in [-0.4, -0.2) is 12.6 Å². The maximum absolute atomic E-state index is 11.8. The Morgan fingerprint density at radius 3 is 2.89 bits per heavy atom. The van der Waals surface area contributed by atoms with Gasteiger partial charge in [-0.2, -0.15) is 0 Å². The van der Waals surface area contributed by atoms with Gasteiger partial charge in [-0.25, -0.2) is 4.79 Å². The van der Waals surface area contributed by atoms with Gasteiger partial charge in [-0.3, -0.25) is 0 Å². The van der Waals surface area contributed by atoms with Crippen LogP contribution in [0.2, 0.25) is 0 Å². The maximum atomic E-state index is 11.8. The highest BCUT2D eigenvalue weighted by molar-refractivity contribution is 7.17. The SMILES string of the molecule is CCOC(=O)c1cc2c(s1)-c1cc(N)ccc1CC2. The molecule has 98 valence electrons. The van der Waals surface area contributed by atoms with Crippen molar-refractivity contribution in [1.82, 2.24) is 0 Å². The minimum absolute atomic E-state index is 0.229. The number of esters is 1. The maximum Gasteiger partial charge on any atom is 0.348 e. The molecule has 0 fully saturated rings. The van der Waals surface area contributed by atoms with Crippen LogP contribution in [0.4, 0.5) is 5.69 Å². The summed E-state index contributed by atoms with van der Waals surface area (Å²) in [7, 11) is 0. The average molecular weight is 273 g/mol. The van der Waals surface area contributed by atoms with Crippen molar-refractivity contribution in [1.29, 1.82) is 0 Å². The topological polar surface area (TPSA) is 52.3 Å². The summed E-state index contributed by atoms with van der Waals surface area (Å²) in [5, 5.41) is 0. The molecule has 0 spiro atoms. The summed E-state index contributed by atoms with van der Waals surface area (Å²) in [4.78, 5) is 13.7. The second-order valence-electron chi connectivity index (χ2n) is 4.60. The Hall–Kier alpha value is -1.81. The highest BCUT2D eigenvalue weighted by atomic mass is 32.1. The van der Waals surface area contributed by atoms with Crippen LogP contribution >= 0.6 is 11.3 Å². The fourth-order valence-electron chi connectivity index (χ4n) is 2.44. The van der Waals surface area contributed by atoms with E-state index in [9.17, 15) is 4.79 Å². The Bertz CT molecular complexity index is 646. The van der Waals surface area contributed by atoms with E-state index >= 15 is 0 Å². The lowest BCUT2D eigenvalue weighted by molar-refractivity contribution is 0.0532. The van der Waals surface area contributed by atoms with Crippen molar-refractivity contribution in [3.05, 3.63) is 40.3 Å². The summed E-state index contributed by atoms with van der Waals surface area (Å²) < 4.78 is 5.06. The van der Waals surface area contributed by atoms with E-state index in [2.05, 4.69) is 6.07 Å². The molecule has 0 unspecified atom stereocenters. The Morgan fingerprint density at radius 2 is 2.11 bits per heavy atom. The predicted molar refractivity (Wildman–Crippen MR) is 77.5 cm³/mol.